The van der Waals surface area contributed by atoms with Crippen molar-refractivity contribution in [1.82, 2.24) is 19.9 Å². The van der Waals surface area contributed by atoms with Crippen LogP contribution in [-0.2, 0) is 24.8 Å². The maximum Gasteiger partial charge on any atom is 0.224 e. The Morgan fingerprint density at radius 1 is 1.07 bits per heavy atom. The zero-order chi connectivity index (χ0) is 18.6. The van der Waals surface area contributed by atoms with Gasteiger partial charge >= 0.3 is 0 Å². The van der Waals surface area contributed by atoms with Crippen molar-refractivity contribution in [3.8, 4) is 11.3 Å². The molecule has 5 nitrogen and oxygen atoms in total. The average molecular weight is 356 g/mol. The second-order valence-electron chi connectivity index (χ2n) is 6.52. The Balaban J connectivity index is 1.44. The van der Waals surface area contributed by atoms with Crippen LogP contribution in [0.1, 0.15) is 11.1 Å². The number of fused-ring (bicyclic) bond motifs is 1. The number of hydrogen-bond donors (Lipinski definition) is 1. The number of nitrogens with one attached hydrogen (secondary N) is 1. The fourth-order valence-corrected chi connectivity index (χ4v) is 3.27. The van der Waals surface area contributed by atoms with Gasteiger partial charge in [-0.1, -0.05) is 18.2 Å². The zero-order valence-corrected chi connectivity index (χ0v) is 15.1. The lowest BCUT2D eigenvalue weighted by atomic mass is 10.1. The highest BCUT2D eigenvalue weighted by Crippen LogP contribution is 2.21. The summed E-state index contributed by atoms with van der Waals surface area (Å²) in [5.74, 6) is 0.00799. The van der Waals surface area contributed by atoms with Crippen LogP contribution >= 0.6 is 0 Å². The first kappa shape index (κ1) is 17.0. The quantitative estimate of drug-likeness (QED) is 0.595. The summed E-state index contributed by atoms with van der Waals surface area (Å²) >= 11 is 0. The number of nitrogens with zero attached hydrogens (tertiary/aromatic N) is 3. The smallest absolute Gasteiger partial charge is 0.224 e. The number of aromatic nitrogens is 3. The van der Waals surface area contributed by atoms with E-state index in [9.17, 15) is 4.79 Å². The Hall–Kier alpha value is -3.47. The van der Waals surface area contributed by atoms with E-state index in [1.165, 1.54) is 0 Å². The van der Waals surface area contributed by atoms with E-state index in [4.69, 9.17) is 0 Å². The molecule has 1 aromatic carbocycles. The minimum atomic E-state index is 0.00799. The van der Waals surface area contributed by atoms with Gasteiger partial charge in [-0.2, -0.15) is 0 Å². The van der Waals surface area contributed by atoms with Gasteiger partial charge in [0.25, 0.3) is 0 Å². The molecule has 0 aliphatic rings. The van der Waals surface area contributed by atoms with Gasteiger partial charge in [0.1, 0.15) is 0 Å². The zero-order valence-electron chi connectivity index (χ0n) is 15.1. The lowest BCUT2D eigenvalue weighted by molar-refractivity contribution is -0.120. The van der Waals surface area contributed by atoms with Gasteiger partial charge in [0.2, 0.25) is 5.91 Å². The SMILES string of the molecule is Cn1cc(CC(=O)NCc2ccnc(-c3ccncc3)c2)c2ccccc21. The van der Waals surface area contributed by atoms with Crippen molar-refractivity contribution in [3.05, 3.63) is 84.4 Å². The molecule has 0 aliphatic heterocycles. The molecule has 134 valence electrons. The number of aryl methyl sites for hydroxylation is 1. The van der Waals surface area contributed by atoms with E-state index >= 15 is 0 Å². The fraction of sp³-hybridized carbons (Fsp3) is 0.136. The van der Waals surface area contributed by atoms with Crippen LogP contribution in [0, 0.1) is 0 Å². The van der Waals surface area contributed by atoms with Crippen LogP contribution in [0.25, 0.3) is 22.2 Å². The van der Waals surface area contributed by atoms with E-state index in [-0.39, 0.29) is 5.91 Å². The van der Waals surface area contributed by atoms with E-state index < -0.39 is 0 Å². The first-order chi connectivity index (χ1) is 13.2. The van der Waals surface area contributed by atoms with Gasteiger partial charge in [-0.3, -0.25) is 14.8 Å². The number of carbonyl (C=O) groups excluding carboxylic acids is 1. The molecule has 1 amide bonds. The second-order valence-corrected chi connectivity index (χ2v) is 6.52. The molecule has 5 heteroatoms. The van der Waals surface area contributed by atoms with Crippen LogP contribution in [0.5, 0.6) is 0 Å². The molecule has 0 radical (unpaired) electrons. The predicted molar refractivity (Wildman–Crippen MR) is 106 cm³/mol. The average Bonchev–Trinajstić information content (AvgIpc) is 3.03. The summed E-state index contributed by atoms with van der Waals surface area (Å²) in [7, 11) is 2.00. The largest absolute Gasteiger partial charge is 0.352 e. The standard InChI is InChI=1S/C22H20N4O/c1-26-15-18(19-4-2-3-5-21(19)26)13-22(27)25-14-16-6-11-24-20(12-16)17-7-9-23-10-8-17/h2-12,15H,13-14H2,1H3,(H,25,27). The van der Waals surface area contributed by atoms with Crippen molar-refractivity contribution in [2.24, 2.45) is 7.05 Å². The number of benzene rings is 1. The van der Waals surface area contributed by atoms with Crippen LogP contribution in [0.15, 0.2) is 73.3 Å². The van der Waals surface area contributed by atoms with E-state index in [2.05, 4.69) is 32.0 Å². The van der Waals surface area contributed by atoms with E-state index in [0.29, 0.717) is 13.0 Å². The van der Waals surface area contributed by atoms with Gasteiger partial charge in [-0.25, -0.2) is 0 Å². The summed E-state index contributed by atoms with van der Waals surface area (Å²) < 4.78 is 2.06. The lowest BCUT2D eigenvalue weighted by Crippen LogP contribution is -2.24. The molecule has 3 aromatic heterocycles. The minimum Gasteiger partial charge on any atom is -0.352 e. The summed E-state index contributed by atoms with van der Waals surface area (Å²) in [6, 6.07) is 15.9. The van der Waals surface area contributed by atoms with Crippen molar-refractivity contribution in [1.29, 1.82) is 0 Å². The maximum absolute atomic E-state index is 12.4. The first-order valence-corrected chi connectivity index (χ1v) is 8.85. The Kier molecular flexibility index (Phi) is 4.66. The van der Waals surface area contributed by atoms with Crippen LogP contribution < -0.4 is 5.32 Å². The molecule has 0 bridgehead atoms. The fourth-order valence-electron chi connectivity index (χ4n) is 3.27. The third-order valence-electron chi connectivity index (χ3n) is 4.62. The molecule has 1 N–H and O–H groups in total. The highest BCUT2D eigenvalue weighted by molar-refractivity contribution is 5.89. The van der Waals surface area contributed by atoms with Crippen molar-refractivity contribution in [2.75, 3.05) is 0 Å². The van der Waals surface area contributed by atoms with Crippen molar-refractivity contribution < 1.29 is 4.79 Å². The predicted octanol–water partition coefficient (Wildman–Crippen LogP) is 3.49. The molecular formula is C22H20N4O. The number of hydrogen-bond acceptors (Lipinski definition) is 3. The van der Waals surface area contributed by atoms with Crippen molar-refractivity contribution in [3.63, 3.8) is 0 Å². The van der Waals surface area contributed by atoms with E-state index in [0.717, 1.165) is 33.3 Å². The molecular weight excluding hydrogens is 336 g/mol. The van der Waals surface area contributed by atoms with Gasteiger partial charge in [0.05, 0.1) is 12.1 Å². The number of para-hydroxylation sites is 1. The van der Waals surface area contributed by atoms with Crippen LogP contribution in [0.3, 0.4) is 0 Å². The van der Waals surface area contributed by atoms with Gasteiger partial charge in [-0.15, -0.1) is 0 Å². The molecule has 0 fully saturated rings. The van der Waals surface area contributed by atoms with Crippen molar-refractivity contribution >= 4 is 16.8 Å². The van der Waals surface area contributed by atoms with Crippen molar-refractivity contribution in [2.45, 2.75) is 13.0 Å². The molecule has 0 atom stereocenters. The Morgan fingerprint density at radius 2 is 1.89 bits per heavy atom. The molecule has 4 aromatic rings. The van der Waals surface area contributed by atoms with Crippen LogP contribution in [0.4, 0.5) is 0 Å². The molecule has 0 unspecified atom stereocenters. The summed E-state index contributed by atoms with van der Waals surface area (Å²) in [6.07, 6.45) is 7.65. The summed E-state index contributed by atoms with van der Waals surface area (Å²) in [4.78, 5) is 20.9. The number of carbonyl (C=O) groups is 1. The van der Waals surface area contributed by atoms with Gasteiger partial charge < -0.3 is 9.88 Å². The topological polar surface area (TPSA) is 59.8 Å². The van der Waals surface area contributed by atoms with Gasteiger partial charge in [0.15, 0.2) is 0 Å². The molecule has 0 spiro atoms. The summed E-state index contributed by atoms with van der Waals surface area (Å²) in [5.41, 5.74) is 5.07. The molecule has 0 saturated heterocycles. The molecule has 0 saturated carbocycles. The summed E-state index contributed by atoms with van der Waals surface area (Å²) in [6.45, 7) is 0.476. The normalized spacial score (nSPS) is 10.9. The van der Waals surface area contributed by atoms with E-state index in [1.54, 1.807) is 18.6 Å². The highest BCUT2D eigenvalue weighted by atomic mass is 16.1. The second kappa shape index (κ2) is 7.41. The van der Waals surface area contributed by atoms with Gasteiger partial charge in [0, 0.05) is 54.8 Å². The Bertz CT molecular complexity index is 1090. The third-order valence-corrected chi connectivity index (χ3v) is 4.62. The molecule has 4 rings (SSSR count). The maximum atomic E-state index is 12.4. The third kappa shape index (κ3) is 3.72. The number of rotatable bonds is 5. The number of amides is 1. The van der Waals surface area contributed by atoms with E-state index in [1.807, 2.05) is 49.6 Å². The van der Waals surface area contributed by atoms with Crippen LogP contribution in [0.2, 0.25) is 0 Å². The highest BCUT2D eigenvalue weighted by Gasteiger charge is 2.10. The Labute approximate surface area is 157 Å². The Morgan fingerprint density at radius 3 is 2.74 bits per heavy atom. The molecule has 0 aliphatic carbocycles. The number of pyridine rings is 2. The van der Waals surface area contributed by atoms with Gasteiger partial charge in [-0.05, 0) is 41.5 Å². The monoisotopic (exact) mass is 356 g/mol. The minimum absolute atomic E-state index is 0.00799. The molecule has 3 heterocycles. The first-order valence-electron chi connectivity index (χ1n) is 8.85. The lowest BCUT2D eigenvalue weighted by Gasteiger charge is -2.07. The summed E-state index contributed by atoms with van der Waals surface area (Å²) in [5, 5.41) is 4.14. The van der Waals surface area contributed by atoms with Crippen LogP contribution in [-0.4, -0.2) is 20.4 Å². The molecule has 27 heavy (non-hydrogen) atoms.